The van der Waals surface area contributed by atoms with Crippen molar-refractivity contribution in [1.29, 1.82) is 0 Å². The monoisotopic (exact) mass is 383 g/mol. The van der Waals surface area contributed by atoms with Crippen LogP contribution in [0.25, 0.3) is 0 Å². The van der Waals surface area contributed by atoms with Gasteiger partial charge < -0.3 is 19.9 Å². The number of benzene rings is 2. The maximum absolute atomic E-state index is 12.1. The van der Waals surface area contributed by atoms with E-state index in [1.165, 1.54) is 12.1 Å². The predicted octanol–water partition coefficient (Wildman–Crippen LogP) is 4.49. The Hall–Kier alpha value is -3.23. The van der Waals surface area contributed by atoms with Gasteiger partial charge in [0.2, 0.25) is 5.91 Å². The van der Waals surface area contributed by atoms with E-state index in [0.29, 0.717) is 22.7 Å². The third-order valence-electron chi connectivity index (χ3n) is 3.31. The second kappa shape index (κ2) is 8.43. The maximum Gasteiger partial charge on any atom is 0.573 e. The number of hydrogen-bond donors (Lipinski definition) is 2. The first kappa shape index (κ1) is 20.1. The molecule has 0 saturated carbocycles. The molecule has 9 heteroatoms. The van der Waals surface area contributed by atoms with Gasteiger partial charge in [-0.05, 0) is 55.0 Å². The number of aliphatic carboxylic acids is 1. The number of aryl methyl sites for hydroxylation is 1. The lowest BCUT2D eigenvalue weighted by Crippen LogP contribution is -2.16. The minimum absolute atomic E-state index is 0.140. The van der Waals surface area contributed by atoms with Crippen molar-refractivity contribution in [2.45, 2.75) is 26.1 Å². The number of anilines is 1. The van der Waals surface area contributed by atoms with Crippen LogP contribution in [0, 0.1) is 6.92 Å². The van der Waals surface area contributed by atoms with Crippen molar-refractivity contribution in [2.24, 2.45) is 0 Å². The smallest absolute Gasteiger partial charge is 0.481 e. The van der Waals surface area contributed by atoms with Crippen molar-refractivity contribution in [3.63, 3.8) is 0 Å². The van der Waals surface area contributed by atoms with Gasteiger partial charge in [-0.25, -0.2) is 0 Å². The van der Waals surface area contributed by atoms with E-state index in [1.807, 2.05) is 0 Å². The van der Waals surface area contributed by atoms with Gasteiger partial charge in [0.05, 0.1) is 6.42 Å². The van der Waals surface area contributed by atoms with Crippen molar-refractivity contribution >= 4 is 17.6 Å². The molecular formula is C18H16F3NO5. The van der Waals surface area contributed by atoms with E-state index < -0.39 is 18.2 Å². The third-order valence-corrected chi connectivity index (χ3v) is 3.31. The molecule has 0 heterocycles. The number of hydrogen-bond acceptors (Lipinski definition) is 4. The average Bonchev–Trinajstić information content (AvgIpc) is 2.56. The zero-order chi connectivity index (χ0) is 20.0. The Labute approximate surface area is 152 Å². The maximum atomic E-state index is 12.1. The highest BCUT2D eigenvalue weighted by molar-refractivity contribution is 5.92. The molecule has 6 nitrogen and oxygen atoms in total. The van der Waals surface area contributed by atoms with E-state index in [9.17, 15) is 22.8 Å². The third kappa shape index (κ3) is 6.89. The first-order valence-corrected chi connectivity index (χ1v) is 7.78. The van der Waals surface area contributed by atoms with Crippen molar-refractivity contribution in [3.8, 4) is 17.2 Å². The summed E-state index contributed by atoms with van der Waals surface area (Å²) >= 11 is 0. The van der Waals surface area contributed by atoms with Gasteiger partial charge in [-0.15, -0.1) is 13.2 Å². The molecule has 2 rings (SSSR count). The van der Waals surface area contributed by atoms with E-state index in [-0.39, 0.29) is 18.6 Å². The lowest BCUT2D eigenvalue weighted by Gasteiger charge is -2.12. The van der Waals surface area contributed by atoms with Gasteiger partial charge in [-0.3, -0.25) is 9.59 Å². The summed E-state index contributed by atoms with van der Waals surface area (Å²) in [7, 11) is 0. The van der Waals surface area contributed by atoms with Crippen molar-refractivity contribution in [2.75, 3.05) is 5.32 Å². The summed E-state index contributed by atoms with van der Waals surface area (Å²) in [6.45, 7) is 1.73. The summed E-state index contributed by atoms with van der Waals surface area (Å²) in [4.78, 5) is 22.1. The summed E-state index contributed by atoms with van der Waals surface area (Å²) in [6, 6.07) is 9.73. The molecule has 0 unspecified atom stereocenters. The molecule has 0 saturated heterocycles. The summed E-state index contributed by atoms with van der Waals surface area (Å²) in [5.74, 6) is -1.08. The van der Waals surface area contributed by atoms with E-state index in [0.717, 1.165) is 12.1 Å². The molecule has 0 aromatic heterocycles. The van der Waals surface area contributed by atoms with Crippen LogP contribution in [0.2, 0.25) is 0 Å². The number of carbonyl (C=O) groups is 2. The van der Waals surface area contributed by atoms with Crippen molar-refractivity contribution < 1.29 is 37.3 Å². The van der Waals surface area contributed by atoms with Crippen LogP contribution in [0.15, 0.2) is 42.5 Å². The van der Waals surface area contributed by atoms with Crippen LogP contribution in [0.3, 0.4) is 0 Å². The Morgan fingerprint density at radius 1 is 1.04 bits per heavy atom. The van der Waals surface area contributed by atoms with Gasteiger partial charge in [0.15, 0.2) is 0 Å². The number of nitrogens with one attached hydrogen (secondary N) is 1. The van der Waals surface area contributed by atoms with Crippen molar-refractivity contribution in [3.05, 3.63) is 48.0 Å². The lowest BCUT2D eigenvalue weighted by molar-refractivity contribution is -0.274. The van der Waals surface area contributed by atoms with Gasteiger partial charge in [0.1, 0.15) is 17.2 Å². The highest BCUT2D eigenvalue weighted by Gasteiger charge is 2.31. The molecule has 2 N–H and O–H groups in total. The standard InChI is InChI=1S/C18H16F3NO5/c1-11-10-12(22-16(23)8-9-17(24)25)2-7-15(11)26-13-3-5-14(6-4-13)27-18(19,20)21/h2-7,10H,8-9H2,1H3,(H,22,23)(H,24,25). The van der Waals surface area contributed by atoms with Crippen molar-refractivity contribution in [1.82, 2.24) is 0 Å². The van der Waals surface area contributed by atoms with E-state index in [4.69, 9.17) is 9.84 Å². The Balaban J connectivity index is 1.99. The van der Waals surface area contributed by atoms with E-state index in [2.05, 4.69) is 10.1 Å². The van der Waals surface area contributed by atoms with Crippen LogP contribution in [0.1, 0.15) is 18.4 Å². The van der Waals surface area contributed by atoms with E-state index in [1.54, 1.807) is 25.1 Å². The molecule has 144 valence electrons. The minimum Gasteiger partial charge on any atom is -0.481 e. The number of alkyl halides is 3. The second-order valence-corrected chi connectivity index (χ2v) is 5.54. The quantitative estimate of drug-likeness (QED) is 0.736. The lowest BCUT2D eigenvalue weighted by atomic mass is 10.2. The van der Waals surface area contributed by atoms with Crippen LogP contribution < -0.4 is 14.8 Å². The Kier molecular flexibility index (Phi) is 6.27. The van der Waals surface area contributed by atoms with Gasteiger partial charge in [0.25, 0.3) is 0 Å². The topological polar surface area (TPSA) is 84.9 Å². The minimum atomic E-state index is -4.76. The normalized spacial score (nSPS) is 11.0. The van der Waals surface area contributed by atoms with E-state index >= 15 is 0 Å². The number of amides is 1. The number of carboxylic acid groups (broad SMARTS) is 1. The Morgan fingerprint density at radius 3 is 2.22 bits per heavy atom. The molecule has 0 fully saturated rings. The molecule has 2 aromatic rings. The summed E-state index contributed by atoms with van der Waals surface area (Å²) in [6.07, 6.45) is -5.16. The molecule has 0 spiro atoms. The molecule has 0 aliphatic rings. The largest absolute Gasteiger partial charge is 0.573 e. The molecule has 0 bridgehead atoms. The fraction of sp³-hybridized carbons (Fsp3) is 0.222. The predicted molar refractivity (Wildman–Crippen MR) is 89.9 cm³/mol. The second-order valence-electron chi connectivity index (χ2n) is 5.54. The van der Waals surface area contributed by atoms with Gasteiger partial charge in [-0.2, -0.15) is 0 Å². The number of halogens is 3. The molecule has 0 aliphatic carbocycles. The van der Waals surface area contributed by atoms with Crippen LogP contribution in [-0.4, -0.2) is 23.3 Å². The zero-order valence-corrected chi connectivity index (χ0v) is 14.2. The molecule has 2 aromatic carbocycles. The molecule has 0 radical (unpaired) electrons. The molecular weight excluding hydrogens is 367 g/mol. The van der Waals surface area contributed by atoms with Gasteiger partial charge >= 0.3 is 12.3 Å². The number of ether oxygens (including phenoxy) is 2. The van der Waals surface area contributed by atoms with Gasteiger partial charge in [-0.1, -0.05) is 0 Å². The average molecular weight is 383 g/mol. The molecule has 0 aliphatic heterocycles. The Morgan fingerprint density at radius 2 is 1.67 bits per heavy atom. The highest BCUT2D eigenvalue weighted by Crippen LogP contribution is 2.30. The van der Waals surface area contributed by atoms with Crippen LogP contribution in [-0.2, 0) is 9.59 Å². The summed E-state index contributed by atoms with van der Waals surface area (Å²) < 4.78 is 45.8. The molecule has 27 heavy (non-hydrogen) atoms. The fourth-order valence-electron chi connectivity index (χ4n) is 2.12. The van der Waals surface area contributed by atoms with Crippen LogP contribution >= 0.6 is 0 Å². The summed E-state index contributed by atoms with van der Waals surface area (Å²) in [5.41, 5.74) is 1.14. The number of rotatable bonds is 7. The highest BCUT2D eigenvalue weighted by atomic mass is 19.4. The van der Waals surface area contributed by atoms with Crippen LogP contribution in [0.5, 0.6) is 17.2 Å². The fourth-order valence-corrected chi connectivity index (χ4v) is 2.12. The Bertz CT molecular complexity index is 819. The number of carboxylic acids is 1. The SMILES string of the molecule is Cc1cc(NC(=O)CCC(=O)O)ccc1Oc1ccc(OC(F)(F)F)cc1. The molecule has 1 amide bonds. The first-order valence-electron chi connectivity index (χ1n) is 7.78. The first-order chi connectivity index (χ1) is 12.6. The zero-order valence-electron chi connectivity index (χ0n) is 14.2. The molecule has 0 atom stereocenters. The van der Waals surface area contributed by atoms with Crippen LogP contribution in [0.4, 0.5) is 18.9 Å². The number of carbonyl (C=O) groups excluding carboxylic acids is 1. The van der Waals surface area contributed by atoms with Gasteiger partial charge in [0, 0.05) is 12.1 Å². The summed E-state index contributed by atoms with van der Waals surface area (Å²) in [5, 5.41) is 11.1.